The molecule has 1 fully saturated rings. The first kappa shape index (κ1) is 14.1. The Labute approximate surface area is 125 Å². The summed E-state index contributed by atoms with van der Waals surface area (Å²) in [6.45, 7) is 4.28. The van der Waals surface area contributed by atoms with Gasteiger partial charge >= 0.3 is 0 Å². The molecule has 2 aromatic rings. The second kappa shape index (κ2) is 5.84. The first-order valence-corrected chi connectivity index (χ1v) is 8.25. The molecule has 3 rings (SSSR count). The summed E-state index contributed by atoms with van der Waals surface area (Å²) >= 11 is 1.91. The molecule has 0 radical (unpaired) electrons. The summed E-state index contributed by atoms with van der Waals surface area (Å²) in [5.41, 5.74) is 0.515. The van der Waals surface area contributed by atoms with Gasteiger partial charge in [0.05, 0.1) is 0 Å². The standard InChI is InChI=1S/C17H23NOS/c1-13(18-12-17(7-8-17)9-10-19-2)16-11-14-5-3-4-6-15(14)20-16/h3-6,11,13,18H,7-10,12H2,1-2H3. The molecule has 20 heavy (non-hydrogen) atoms. The molecule has 0 amide bonds. The van der Waals surface area contributed by atoms with Gasteiger partial charge in [0, 0.05) is 35.9 Å². The molecule has 108 valence electrons. The highest BCUT2D eigenvalue weighted by Crippen LogP contribution is 2.48. The van der Waals surface area contributed by atoms with Crippen molar-refractivity contribution in [3.8, 4) is 0 Å². The molecule has 1 aliphatic rings. The highest BCUT2D eigenvalue weighted by molar-refractivity contribution is 7.19. The van der Waals surface area contributed by atoms with Crippen molar-refractivity contribution in [2.75, 3.05) is 20.3 Å². The molecule has 0 bridgehead atoms. The van der Waals surface area contributed by atoms with Gasteiger partial charge in [0.1, 0.15) is 0 Å². The Morgan fingerprint density at radius 3 is 2.85 bits per heavy atom. The lowest BCUT2D eigenvalue weighted by atomic mass is 10.0. The molecule has 1 N–H and O–H groups in total. The molecule has 1 unspecified atom stereocenters. The van der Waals surface area contributed by atoms with E-state index in [9.17, 15) is 0 Å². The molecule has 1 aliphatic carbocycles. The number of hydrogen-bond acceptors (Lipinski definition) is 3. The Morgan fingerprint density at radius 1 is 1.35 bits per heavy atom. The van der Waals surface area contributed by atoms with E-state index >= 15 is 0 Å². The number of thiophene rings is 1. The van der Waals surface area contributed by atoms with E-state index in [0.29, 0.717) is 11.5 Å². The Balaban J connectivity index is 1.60. The van der Waals surface area contributed by atoms with E-state index in [1.165, 1.54) is 34.2 Å². The van der Waals surface area contributed by atoms with E-state index in [4.69, 9.17) is 4.74 Å². The van der Waals surface area contributed by atoms with Gasteiger partial charge in [0.15, 0.2) is 0 Å². The van der Waals surface area contributed by atoms with Crippen LogP contribution in [0.1, 0.15) is 37.1 Å². The van der Waals surface area contributed by atoms with E-state index in [1.807, 2.05) is 11.3 Å². The first-order chi connectivity index (χ1) is 9.72. The smallest absolute Gasteiger partial charge is 0.0468 e. The zero-order valence-corrected chi connectivity index (χ0v) is 13.1. The molecule has 1 atom stereocenters. The topological polar surface area (TPSA) is 21.3 Å². The van der Waals surface area contributed by atoms with Crippen molar-refractivity contribution < 1.29 is 4.74 Å². The molecule has 0 spiro atoms. The predicted molar refractivity (Wildman–Crippen MR) is 86.4 cm³/mol. The highest BCUT2D eigenvalue weighted by atomic mass is 32.1. The first-order valence-electron chi connectivity index (χ1n) is 7.43. The van der Waals surface area contributed by atoms with Crippen molar-refractivity contribution in [3.63, 3.8) is 0 Å². The summed E-state index contributed by atoms with van der Waals surface area (Å²) in [6.07, 6.45) is 3.89. The van der Waals surface area contributed by atoms with Crippen LogP contribution in [0.25, 0.3) is 10.1 Å². The van der Waals surface area contributed by atoms with Gasteiger partial charge in [0.25, 0.3) is 0 Å². The minimum absolute atomic E-state index is 0.437. The molecule has 0 aliphatic heterocycles. The molecular weight excluding hydrogens is 266 g/mol. The lowest BCUT2D eigenvalue weighted by molar-refractivity contribution is 0.170. The third kappa shape index (κ3) is 3.05. The molecule has 0 saturated heterocycles. The summed E-state index contributed by atoms with van der Waals surface area (Å²) in [6, 6.07) is 11.4. The van der Waals surface area contributed by atoms with Gasteiger partial charge in [0.2, 0.25) is 0 Å². The van der Waals surface area contributed by atoms with Crippen LogP contribution in [0.3, 0.4) is 0 Å². The highest BCUT2D eigenvalue weighted by Gasteiger charge is 2.41. The fraction of sp³-hybridized carbons (Fsp3) is 0.529. The van der Waals surface area contributed by atoms with Crippen molar-refractivity contribution in [3.05, 3.63) is 35.2 Å². The number of ether oxygens (including phenoxy) is 1. The number of benzene rings is 1. The third-order valence-corrected chi connectivity index (χ3v) is 5.75. The molecule has 3 heteroatoms. The summed E-state index contributed by atoms with van der Waals surface area (Å²) in [4.78, 5) is 1.44. The Morgan fingerprint density at radius 2 is 2.15 bits per heavy atom. The Bertz CT molecular complexity index is 540. The van der Waals surface area contributed by atoms with Gasteiger partial charge in [-0.2, -0.15) is 0 Å². The molecule has 2 nitrogen and oxygen atoms in total. The molecule has 1 saturated carbocycles. The van der Waals surface area contributed by atoms with Gasteiger partial charge in [-0.3, -0.25) is 0 Å². The second-order valence-corrected chi connectivity index (χ2v) is 7.15. The van der Waals surface area contributed by atoms with E-state index in [1.54, 1.807) is 7.11 Å². The molecule has 1 aromatic carbocycles. The van der Waals surface area contributed by atoms with Crippen LogP contribution in [0.15, 0.2) is 30.3 Å². The van der Waals surface area contributed by atoms with Crippen molar-refractivity contribution in [2.24, 2.45) is 5.41 Å². The normalized spacial score (nSPS) is 18.3. The Kier molecular flexibility index (Phi) is 4.11. The molecular formula is C17H23NOS. The van der Waals surface area contributed by atoms with Crippen molar-refractivity contribution in [2.45, 2.75) is 32.2 Å². The lowest BCUT2D eigenvalue weighted by Gasteiger charge is -2.19. The number of hydrogen-bond donors (Lipinski definition) is 1. The maximum absolute atomic E-state index is 5.22. The van der Waals surface area contributed by atoms with Gasteiger partial charge in [-0.15, -0.1) is 11.3 Å². The quantitative estimate of drug-likeness (QED) is 0.817. The number of nitrogens with one attached hydrogen (secondary N) is 1. The molecule has 1 heterocycles. The minimum atomic E-state index is 0.437. The van der Waals surface area contributed by atoms with Crippen molar-refractivity contribution in [1.29, 1.82) is 0 Å². The van der Waals surface area contributed by atoms with Gasteiger partial charge in [-0.1, -0.05) is 18.2 Å². The van der Waals surface area contributed by atoms with Crippen LogP contribution in [0, 0.1) is 5.41 Å². The zero-order valence-electron chi connectivity index (χ0n) is 12.3. The average Bonchev–Trinajstić information content (AvgIpc) is 3.11. The molecule has 1 aromatic heterocycles. The van der Waals surface area contributed by atoms with E-state index in [0.717, 1.165) is 13.2 Å². The monoisotopic (exact) mass is 289 g/mol. The van der Waals surface area contributed by atoms with Crippen LogP contribution < -0.4 is 5.32 Å². The van der Waals surface area contributed by atoms with Gasteiger partial charge in [-0.25, -0.2) is 0 Å². The third-order valence-electron chi connectivity index (χ3n) is 4.45. The van der Waals surface area contributed by atoms with Crippen LogP contribution in [-0.4, -0.2) is 20.3 Å². The van der Waals surface area contributed by atoms with Crippen molar-refractivity contribution in [1.82, 2.24) is 5.32 Å². The maximum Gasteiger partial charge on any atom is 0.0468 e. The summed E-state index contributed by atoms with van der Waals surface area (Å²) in [5.74, 6) is 0. The van der Waals surface area contributed by atoms with Crippen LogP contribution in [-0.2, 0) is 4.74 Å². The predicted octanol–water partition coefficient (Wildman–Crippen LogP) is 4.37. The van der Waals surface area contributed by atoms with Crippen LogP contribution in [0.4, 0.5) is 0 Å². The maximum atomic E-state index is 5.22. The average molecular weight is 289 g/mol. The fourth-order valence-electron chi connectivity index (χ4n) is 2.70. The van der Waals surface area contributed by atoms with Crippen LogP contribution in [0.2, 0.25) is 0 Å². The zero-order chi connectivity index (χ0) is 14.0. The van der Waals surface area contributed by atoms with Crippen LogP contribution in [0.5, 0.6) is 0 Å². The SMILES string of the molecule is COCCC1(CNC(C)c2cc3ccccc3s2)CC1. The minimum Gasteiger partial charge on any atom is -0.385 e. The summed E-state index contributed by atoms with van der Waals surface area (Å²) < 4.78 is 6.61. The van der Waals surface area contributed by atoms with E-state index in [2.05, 4.69) is 42.6 Å². The summed E-state index contributed by atoms with van der Waals surface area (Å²) in [5, 5.41) is 5.09. The van der Waals surface area contributed by atoms with Gasteiger partial charge < -0.3 is 10.1 Å². The van der Waals surface area contributed by atoms with Crippen LogP contribution >= 0.6 is 11.3 Å². The number of fused-ring (bicyclic) bond motifs is 1. The number of rotatable bonds is 7. The Hall–Kier alpha value is -0.900. The largest absolute Gasteiger partial charge is 0.385 e. The van der Waals surface area contributed by atoms with E-state index < -0.39 is 0 Å². The van der Waals surface area contributed by atoms with Crippen molar-refractivity contribution >= 4 is 21.4 Å². The van der Waals surface area contributed by atoms with E-state index in [-0.39, 0.29) is 0 Å². The lowest BCUT2D eigenvalue weighted by Crippen LogP contribution is -2.27. The summed E-state index contributed by atoms with van der Waals surface area (Å²) in [7, 11) is 1.79. The number of methoxy groups -OCH3 is 1. The van der Waals surface area contributed by atoms with Gasteiger partial charge in [-0.05, 0) is 49.1 Å². The second-order valence-electron chi connectivity index (χ2n) is 6.03. The fourth-order valence-corrected chi connectivity index (χ4v) is 3.79.